The normalized spacial score (nSPS) is 22.6. The minimum atomic E-state index is -0.402. The fourth-order valence-corrected chi connectivity index (χ4v) is 4.41. The molecule has 2 rings (SSSR count). The molecule has 0 heterocycles. The second-order valence-corrected chi connectivity index (χ2v) is 6.65. The molecule has 2 N–H and O–H groups in total. The second kappa shape index (κ2) is 9.68. The van der Waals surface area contributed by atoms with Crippen molar-refractivity contribution in [2.75, 3.05) is 6.61 Å². The topological polar surface area (TPSA) is 52.3 Å². The van der Waals surface area contributed by atoms with Gasteiger partial charge in [-0.2, -0.15) is 0 Å². The predicted molar refractivity (Wildman–Crippen MR) is 88.5 cm³/mol. The molecule has 0 amide bonds. The first-order valence-corrected chi connectivity index (χ1v) is 8.66. The summed E-state index contributed by atoms with van der Waals surface area (Å²) in [6.45, 7) is 2.30. The van der Waals surface area contributed by atoms with Gasteiger partial charge in [0.2, 0.25) is 0 Å². The highest BCUT2D eigenvalue weighted by Gasteiger charge is 2.38. The molecule has 2 aliphatic rings. The monoisotopic (exact) mass is 317 g/mol. The number of carbonyl (C=O) groups is 1. The summed E-state index contributed by atoms with van der Waals surface area (Å²) in [4.78, 5) is 12.1. The van der Waals surface area contributed by atoms with E-state index in [0.717, 1.165) is 0 Å². The molecule has 124 valence electrons. The summed E-state index contributed by atoms with van der Waals surface area (Å²) < 4.78 is 5.20. The Morgan fingerprint density at radius 1 is 1.00 bits per heavy atom. The van der Waals surface area contributed by atoms with Crippen LogP contribution >= 0.6 is 12.4 Å². The first-order chi connectivity index (χ1) is 9.74. The SMILES string of the molecule is CCOC(=O)[C@@H](N)C(C1CCCCC1)C1CCCCC1.Cl. The fraction of sp³-hybridized carbons (Fsp3) is 0.941. The summed E-state index contributed by atoms with van der Waals surface area (Å²) in [5, 5.41) is 0. The number of rotatable bonds is 5. The van der Waals surface area contributed by atoms with Crippen LogP contribution in [0.1, 0.15) is 71.1 Å². The van der Waals surface area contributed by atoms with E-state index in [1.54, 1.807) is 0 Å². The maximum absolute atomic E-state index is 12.1. The summed E-state index contributed by atoms with van der Waals surface area (Å²) in [5.74, 6) is 1.47. The van der Waals surface area contributed by atoms with Crippen molar-refractivity contribution < 1.29 is 9.53 Å². The van der Waals surface area contributed by atoms with E-state index in [4.69, 9.17) is 10.5 Å². The highest BCUT2D eigenvalue weighted by atomic mass is 35.5. The Bertz CT molecular complexity index is 281. The highest BCUT2D eigenvalue weighted by molar-refractivity contribution is 5.85. The Labute approximate surface area is 135 Å². The lowest BCUT2D eigenvalue weighted by molar-refractivity contribution is -0.147. The molecule has 21 heavy (non-hydrogen) atoms. The number of hydrogen-bond donors (Lipinski definition) is 1. The van der Waals surface area contributed by atoms with Gasteiger partial charge in [-0.1, -0.05) is 64.2 Å². The molecule has 0 aliphatic heterocycles. The van der Waals surface area contributed by atoms with Gasteiger partial charge in [0.1, 0.15) is 6.04 Å². The zero-order chi connectivity index (χ0) is 14.4. The van der Waals surface area contributed by atoms with Gasteiger partial charge in [-0.25, -0.2) is 0 Å². The zero-order valence-electron chi connectivity index (χ0n) is 13.4. The minimum Gasteiger partial charge on any atom is -0.465 e. The van der Waals surface area contributed by atoms with Crippen molar-refractivity contribution >= 4 is 18.4 Å². The standard InChI is InChI=1S/C17H31NO2.ClH/c1-2-20-17(19)16(18)15(13-9-5-3-6-10-13)14-11-7-4-8-12-14;/h13-16H,2-12,18H2,1H3;1H/t16-;/m0./s1. The molecule has 0 saturated heterocycles. The van der Waals surface area contributed by atoms with Crippen LogP contribution < -0.4 is 5.73 Å². The van der Waals surface area contributed by atoms with Crippen molar-refractivity contribution in [3.05, 3.63) is 0 Å². The smallest absolute Gasteiger partial charge is 0.323 e. The summed E-state index contributed by atoms with van der Waals surface area (Å²) in [7, 11) is 0. The van der Waals surface area contributed by atoms with Gasteiger partial charge in [0, 0.05) is 0 Å². The van der Waals surface area contributed by atoms with Crippen LogP contribution in [0.3, 0.4) is 0 Å². The Morgan fingerprint density at radius 2 is 1.43 bits per heavy atom. The van der Waals surface area contributed by atoms with Gasteiger partial charge in [-0.15, -0.1) is 12.4 Å². The lowest BCUT2D eigenvalue weighted by Gasteiger charge is -2.40. The third-order valence-electron chi connectivity index (χ3n) is 5.36. The number of esters is 1. The third kappa shape index (κ3) is 5.14. The van der Waals surface area contributed by atoms with Crippen molar-refractivity contribution in [2.24, 2.45) is 23.5 Å². The fourth-order valence-electron chi connectivity index (χ4n) is 4.41. The van der Waals surface area contributed by atoms with Crippen molar-refractivity contribution in [1.82, 2.24) is 0 Å². The highest BCUT2D eigenvalue weighted by Crippen LogP contribution is 2.41. The van der Waals surface area contributed by atoms with Crippen LogP contribution in [0.25, 0.3) is 0 Å². The largest absolute Gasteiger partial charge is 0.465 e. The molecule has 0 bridgehead atoms. The van der Waals surface area contributed by atoms with Crippen LogP contribution in [0.15, 0.2) is 0 Å². The molecule has 0 unspecified atom stereocenters. The van der Waals surface area contributed by atoms with Crippen molar-refractivity contribution in [1.29, 1.82) is 0 Å². The quantitative estimate of drug-likeness (QED) is 0.777. The molecule has 2 saturated carbocycles. The van der Waals surface area contributed by atoms with Crippen molar-refractivity contribution in [2.45, 2.75) is 77.2 Å². The van der Waals surface area contributed by atoms with E-state index < -0.39 is 6.04 Å². The van der Waals surface area contributed by atoms with E-state index in [-0.39, 0.29) is 18.4 Å². The average molecular weight is 318 g/mol. The Balaban J connectivity index is 0.00000220. The van der Waals surface area contributed by atoms with Gasteiger partial charge in [0.25, 0.3) is 0 Å². The van der Waals surface area contributed by atoms with Gasteiger partial charge < -0.3 is 10.5 Å². The Morgan fingerprint density at radius 3 is 1.81 bits per heavy atom. The number of nitrogens with two attached hydrogens (primary N) is 1. The molecule has 2 aliphatic carbocycles. The number of hydrogen-bond acceptors (Lipinski definition) is 3. The van der Waals surface area contributed by atoms with Gasteiger partial charge in [-0.05, 0) is 24.7 Å². The summed E-state index contributed by atoms with van der Waals surface area (Å²) in [5.41, 5.74) is 6.33. The molecule has 2 fully saturated rings. The Hall–Kier alpha value is -0.280. The van der Waals surface area contributed by atoms with Crippen LogP contribution in [0.2, 0.25) is 0 Å². The molecule has 3 nitrogen and oxygen atoms in total. The van der Waals surface area contributed by atoms with Crippen LogP contribution in [0.4, 0.5) is 0 Å². The van der Waals surface area contributed by atoms with Crippen LogP contribution in [-0.2, 0) is 9.53 Å². The maximum atomic E-state index is 12.1. The Kier molecular flexibility index (Phi) is 8.65. The molecule has 4 heteroatoms. The van der Waals surface area contributed by atoms with Crippen LogP contribution in [-0.4, -0.2) is 18.6 Å². The first kappa shape index (κ1) is 18.8. The predicted octanol–water partition coefficient (Wildman–Crippen LogP) is 4.08. The molecule has 0 aromatic carbocycles. The second-order valence-electron chi connectivity index (χ2n) is 6.65. The van der Waals surface area contributed by atoms with Gasteiger partial charge in [-0.3, -0.25) is 4.79 Å². The van der Waals surface area contributed by atoms with Crippen molar-refractivity contribution in [3.63, 3.8) is 0 Å². The number of halogens is 1. The van der Waals surface area contributed by atoms with Crippen LogP contribution in [0.5, 0.6) is 0 Å². The van der Waals surface area contributed by atoms with Crippen molar-refractivity contribution in [3.8, 4) is 0 Å². The first-order valence-electron chi connectivity index (χ1n) is 8.66. The van der Waals surface area contributed by atoms with Gasteiger partial charge in [0.05, 0.1) is 6.61 Å². The van der Waals surface area contributed by atoms with Crippen LogP contribution in [0, 0.1) is 17.8 Å². The van der Waals surface area contributed by atoms with E-state index in [1.165, 1.54) is 64.2 Å². The summed E-state index contributed by atoms with van der Waals surface area (Å²) in [6.07, 6.45) is 13.0. The van der Waals surface area contributed by atoms with Gasteiger partial charge in [0.15, 0.2) is 0 Å². The van der Waals surface area contributed by atoms with Gasteiger partial charge >= 0.3 is 5.97 Å². The van der Waals surface area contributed by atoms with E-state index in [2.05, 4.69) is 0 Å². The molecule has 0 aromatic rings. The summed E-state index contributed by atoms with van der Waals surface area (Å²) >= 11 is 0. The average Bonchev–Trinajstić information content (AvgIpc) is 2.50. The molecule has 0 aromatic heterocycles. The van der Waals surface area contributed by atoms with E-state index in [0.29, 0.717) is 24.4 Å². The van der Waals surface area contributed by atoms with E-state index in [9.17, 15) is 4.79 Å². The summed E-state index contributed by atoms with van der Waals surface area (Å²) in [6, 6.07) is -0.402. The maximum Gasteiger partial charge on any atom is 0.323 e. The zero-order valence-corrected chi connectivity index (χ0v) is 14.2. The molecular formula is C17H32ClNO2. The van der Waals surface area contributed by atoms with E-state index >= 15 is 0 Å². The van der Waals surface area contributed by atoms with E-state index in [1.807, 2.05) is 6.92 Å². The molecule has 0 spiro atoms. The molecule has 0 radical (unpaired) electrons. The number of ether oxygens (including phenoxy) is 1. The molecular weight excluding hydrogens is 286 g/mol. The lowest BCUT2D eigenvalue weighted by Crippen LogP contribution is -2.47. The third-order valence-corrected chi connectivity index (χ3v) is 5.36. The minimum absolute atomic E-state index is 0. The number of carbonyl (C=O) groups excluding carboxylic acids is 1. The lowest BCUT2D eigenvalue weighted by atomic mass is 9.67. The molecule has 1 atom stereocenters.